The van der Waals surface area contributed by atoms with E-state index in [4.69, 9.17) is 17.3 Å². The van der Waals surface area contributed by atoms with Gasteiger partial charge in [-0.15, -0.1) is 0 Å². The molecule has 0 saturated carbocycles. The second kappa shape index (κ2) is 7.28. The smallest absolute Gasteiger partial charge is 0.239 e. The van der Waals surface area contributed by atoms with Gasteiger partial charge in [0.15, 0.2) is 0 Å². The van der Waals surface area contributed by atoms with Crippen LogP contribution in [-0.4, -0.2) is 29.9 Å². The van der Waals surface area contributed by atoms with Crippen LogP contribution >= 0.6 is 11.6 Å². The molecule has 0 bridgehead atoms. The molecule has 1 heterocycles. The largest absolute Gasteiger partial charge is 0.341 e. The van der Waals surface area contributed by atoms with Crippen LogP contribution in [-0.2, 0) is 4.79 Å². The molecular weight excluding hydrogens is 284 g/mol. The molecule has 0 unspecified atom stereocenters. The fraction of sp³-hybridized carbons (Fsp3) is 0.588. The molecule has 1 aromatic carbocycles. The molecule has 0 aliphatic carbocycles. The summed E-state index contributed by atoms with van der Waals surface area (Å²) < 4.78 is 0. The van der Waals surface area contributed by atoms with Crippen LogP contribution in [0.5, 0.6) is 0 Å². The second-order valence-corrected chi connectivity index (χ2v) is 6.50. The van der Waals surface area contributed by atoms with Crippen molar-refractivity contribution in [2.45, 2.75) is 45.1 Å². The van der Waals surface area contributed by atoms with Crippen LogP contribution in [0.4, 0.5) is 0 Å². The molecule has 2 rings (SSSR count). The summed E-state index contributed by atoms with van der Waals surface area (Å²) in [6.07, 6.45) is 2.94. The molecule has 116 valence electrons. The van der Waals surface area contributed by atoms with Crippen LogP contribution in [0.15, 0.2) is 24.3 Å². The molecular formula is C17H25ClN2O. The van der Waals surface area contributed by atoms with Gasteiger partial charge in [0.25, 0.3) is 0 Å². The van der Waals surface area contributed by atoms with Crippen molar-refractivity contribution < 1.29 is 4.79 Å². The highest BCUT2D eigenvalue weighted by atomic mass is 35.5. The molecule has 1 aromatic rings. The van der Waals surface area contributed by atoms with Gasteiger partial charge in [0, 0.05) is 18.1 Å². The average molecular weight is 309 g/mol. The minimum Gasteiger partial charge on any atom is -0.341 e. The van der Waals surface area contributed by atoms with Crippen molar-refractivity contribution in [3.05, 3.63) is 34.9 Å². The monoisotopic (exact) mass is 308 g/mol. The van der Waals surface area contributed by atoms with Crippen LogP contribution < -0.4 is 5.73 Å². The van der Waals surface area contributed by atoms with Gasteiger partial charge < -0.3 is 10.6 Å². The first-order valence-corrected chi connectivity index (χ1v) is 8.20. The molecule has 2 N–H and O–H groups in total. The molecule has 4 heteroatoms. The Bertz CT molecular complexity index is 466. The van der Waals surface area contributed by atoms with Gasteiger partial charge in [-0.25, -0.2) is 0 Å². The first kappa shape index (κ1) is 16.3. The van der Waals surface area contributed by atoms with Crippen molar-refractivity contribution in [2.24, 2.45) is 11.7 Å². The SMILES string of the molecule is CC[C@@H](C)[C@@H](N)C(=O)N1CCC(c2ccc(Cl)cc2)CC1. The number of halogens is 1. The standard InChI is InChI=1S/C17H25ClN2O/c1-3-12(2)16(19)17(21)20-10-8-14(9-11-20)13-4-6-15(18)7-5-13/h4-7,12,14,16H,3,8-11,19H2,1-2H3/t12-,16-/m1/s1. The van der Waals surface area contributed by atoms with E-state index in [1.807, 2.05) is 24.0 Å². The number of carbonyl (C=O) groups is 1. The molecule has 2 atom stereocenters. The zero-order valence-electron chi connectivity index (χ0n) is 12.9. The van der Waals surface area contributed by atoms with E-state index in [2.05, 4.69) is 19.1 Å². The molecule has 1 aliphatic rings. The maximum absolute atomic E-state index is 12.4. The third-order valence-corrected chi connectivity index (χ3v) is 4.94. The summed E-state index contributed by atoms with van der Waals surface area (Å²) in [4.78, 5) is 14.3. The van der Waals surface area contributed by atoms with E-state index in [9.17, 15) is 4.79 Å². The highest BCUT2D eigenvalue weighted by Gasteiger charge is 2.28. The Hall–Kier alpha value is -1.06. The number of hydrogen-bond acceptors (Lipinski definition) is 2. The summed E-state index contributed by atoms with van der Waals surface area (Å²) in [6, 6.07) is 7.70. The van der Waals surface area contributed by atoms with Crippen LogP contribution in [0.3, 0.4) is 0 Å². The normalized spacial score (nSPS) is 19.3. The van der Waals surface area contributed by atoms with Gasteiger partial charge in [0.1, 0.15) is 0 Å². The van der Waals surface area contributed by atoms with Crippen molar-refractivity contribution in [1.82, 2.24) is 4.90 Å². The number of nitrogens with two attached hydrogens (primary N) is 1. The van der Waals surface area contributed by atoms with E-state index in [0.717, 1.165) is 37.4 Å². The molecule has 0 aromatic heterocycles. The van der Waals surface area contributed by atoms with Gasteiger partial charge in [-0.05, 0) is 42.4 Å². The van der Waals surface area contributed by atoms with Gasteiger partial charge in [-0.3, -0.25) is 4.79 Å². The summed E-state index contributed by atoms with van der Waals surface area (Å²) in [5, 5.41) is 0.769. The van der Waals surface area contributed by atoms with E-state index in [-0.39, 0.29) is 17.9 Å². The Labute approximate surface area is 132 Å². The minimum atomic E-state index is -0.359. The third kappa shape index (κ3) is 3.98. The summed E-state index contributed by atoms with van der Waals surface area (Å²) in [5.41, 5.74) is 7.38. The zero-order chi connectivity index (χ0) is 15.4. The predicted molar refractivity (Wildman–Crippen MR) is 87.4 cm³/mol. The molecule has 0 spiro atoms. The molecule has 21 heavy (non-hydrogen) atoms. The highest BCUT2D eigenvalue weighted by Crippen LogP contribution is 2.29. The second-order valence-electron chi connectivity index (χ2n) is 6.06. The number of hydrogen-bond donors (Lipinski definition) is 1. The molecule has 1 amide bonds. The summed E-state index contributed by atoms with van der Waals surface area (Å²) in [5.74, 6) is 0.872. The van der Waals surface area contributed by atoms with Crippen molar-refractivity contribution in [2.75, 3.05) is 13.1 Å². The minimum absolute atomic E-state index is 0.110. The number of nitrogens with zero attached hydrogens (tertiary/aromatic N) is 1. The van der Waals surface area contributed by atoms with Gasteiger partial charge in [0.2, 0.25) is 5.91 Å². The van der Waals surface area contributed by atoms with E-state index < -0.39 is 0 Å². The lowest BCUT2D eigenvalue weighted by atomic mass is 9.89. The Morgan fingerprint density at radius 2 is 1.90 bits per heavy atom. The van der Waals surface area contributed by atoms with E-state index in [1.54, 1.807) is 0 Å². The van der Waals surface area contributed by atoms with Crippen LogP contribution in [0.1, 0.15) is 44.6 Å². The van der Waals surface area contributed by atoms with Gasteiger partial charge >= 0.3 is 0 Å². The Balaban J connectivity index is 1.91. The Morgan fingerprint density at radius 3 is 2.43 bits per heavy atom. The lowest BCUT2D eigenvalue weighted by Gasteiger charge is -2.34. The number of piperidine rings is 1. The first-order chi connectivity index (χ1) is 10.0. The van der Waals surface area contributed by atoms with Crippen molar-refractivity contribution in [1.29, 1.82) is 0 Å². The number of benzene rings is 1. The topological polar surface area (TPSA) is 46.3 Å². The van der Waals surface area contributed by atoms with Crippen molar-refractivity contribution in [3.63, 3.8) is 0 Å². The summed E-state index contributed by atoms with van der Waals surface area (Å²) in [6.45, 7) is 5.72. The Morgan fingerprint density at radius 1 is 1.33 bits per heavy atom. The van der Waals surface area contributed by atoms with Crippen LogP contribution in [0.2, 0.25) is 5.02 Å². The summed E-state index contributed by atoms with van der Waals surface area (Å²) >= 11 is 5.93. The van der Waals surface area contributed by atoms with E-state index in [0.29, 0.717) is 5.92 Å². The lowest BCUT2D eigenvalue weighted by Crippen LogP contribution is -2.49. The lowest BCUT2D eigenvalue weighted by molar-refractivity contribution is -0.134. The van der Waals surface area contributed by atoms with E-state index in [1.165, 1.54) is 5.56 Å². The van der Waals surface area contributed by atoms with Crippen LogP contribution in [0.25, 0.3) is 0 Å². The molecule has 1 fully saturated rings. The van der Waals surface area contributed by atoms with Crippen molar-refractivity contribution in [3.8, 4) is 0 Å². The average Bonchev–Trinajstić information content (AvgIpc) is 2.53. The number of rotatable bonds is 4. The predicted octanol–water partition coefficient (Wildman–Crippen LogP) is 3.42. The van der Waals surface area contributed by atoms with Gasteiger partial charge in [-0.2, -0.15) is 0 Å². The van der Waals surface area contributed by atoms with Gasteiger partial charge in [0.05, 0.1) is 6.04 Å². The number of carbonyl (C=O) groups excluding carboxylic acids is 1. The van der Waals surface area contributed by atoms with E-state index >= 15 is 0 Å². The van der Waals surface area contributed by atoms with Crippen LogP contribution in [0, 0.1) is 5.92 Å². The molecule has 0 radical (unpaired) electrons. The fourth-order valence-corrected chi connectivity index (χ4v) is 3.00. The molecule has 3 nitrogen and oxygen atoms in total. The first-order valence-electron chi connectivity index (χ1n) is 7.82. The molecule has 1 aliphatic heterocycles. The summed E-state index contributed by atoms with van der Waals surface area (Å²) in [7, 11) is 0. The van der Waals surface area contributed by atoms with Crippen molar-refractivity contribution >= 4 is 17.5 Å². The third-order valence-electron chi connectivity index (χ3n) is 4.69. The highest BCUT2D eigenvalue weighted by molar-refractivity contribution is 6.30. The fourth-order valence-electron chi connectivity index (χ4n) is 2.88. The quantitative estimate of drug-likeness (QED) is 0.926. The maximum Gasteiger partial charge on any atom is 0.239 e. The zero-order valence-corrected chi connectivity index (χ0v) is 13.6. The van der Waals surface area contributed by atoms with Gasteiger partial charge in [-0.1, -0.05) is 44.0 Å². The number of amides is 1. The number of likely N-dealkylation sites (tertiary alicyclic amines) is 1. The molecule has 1 saturated heterocycles. The maximum atomic E-state index is 12.4. The Kier molecular flexibility index (Phi) is 5.65.